The Kier molecular flexibility index (Phi) is 3.10. The van der Waals surface area contributed by atoms with E-state index >= 15 is 0 Å². The molecule has 5 nitrogen and oxygen atoms in total. The average molecular weight is 285 g/mol. The number of hydrogen-bond acceptors (Lipinski definition) is 4. The van der Waals surface area contributed by atoms with Gasteiger partial charge in [0.25, 0.3) is 5.91 Å². The number of nitrogens with two attached hydrogens (primary N) is 1. The molecule has 2 unspecified atom stereocenters. The molecule has 0 aliphatic heterocycles. The first-order chi connectivity index (χ1) is 9.89. The minimum absolute atomic E-state index is 0.0468. The second-order valence-electron chi connectivity index (χ2n) is 6.21. The number of aliphatic hydroxyl groups is 1. The Bertz CT molecular complexity index is 712. The van der Waals surface area contributed by atoms with Crippen LogP contribution in [0.3, 0.4) is 0 Å². The summed E-state index contributed by atoms with van der Waals surface area (Å²) in [5.74, 6) is -0.252. The lowest BCUT2D eigenvalue weighted by molar-refractivity contribution is -0.0690. The highest BCUT2D eigenvalue weighted by Crippen LogP contribution is 2.40. The summed E-state index contributed by atoms with van der Waals surface area (Å²) >= 11 is 0. The molecule has 1 heterocycles. The number of nitrogens with one attached hydrogen (secondary N) is 1. The zero-order chi connectivity index (χ0) is 15.2. The van der Waals surface area contributed by atoms with Crippen LogP contribution in [-0.4, -0.2) is 28.1 Å². The maximum absolute atomic E-state index is 12.3. The molecule has 21 heavy (non-hydrogen) atoms. The van der Waals surface area contributed by atoms with Crippen LogP contribution in [0.4, 0.5) is 5.69 Å². The van der Waals surface area contributed by atoms with E-state index in [-0.39, 0.29) is 23.5 Å². The largest absolute Gasteiger partial charge is 0.398 e. The van der Waals surface area contributed by atoms with Gasteiger partial charge < -0.3 is 16.2 Å². The van der Waals surface area contributed by atoms with Gasteiger partial charge in [-0.1, -0.05) is 32.0 Å². The third-order valence-electron chi connectivity index (χ3n) is 4.50. The van der Waals surface area contributed by atoms with Crippen LogP contribution >= 0.6 is 0 Å². The molecular formula is C16H19N3O2. The summed E-state index contributed by atoms with van der Waals surface area (Å²) in [5, 5.41) is 13.5. The van der Waals surface area contributed by atoms with Gasteiger partial charge in [-0.15, -0.1) is 0 Å². The summed E-state index contributed by atoms with van der Waals surface area (Å²) in [4.78, 5) is 16.7. The number of fused-ring (bicyclic) bond motifs is 1. The van der Waals surface area contributed by atoms with Crippen LogP contribution in [0.5, 0.6) is 0 Å². The summed E-state index contributed by atoms with van der Waals surface area (Å²) in [6.07, 6.45) is 0.194. The van der Waals surface area contributed by atoms with E-state index in [2.05, 4.69) is 10.3 Å². The molecule has 110 valence electrons. The average Bonchev–Trinajstić information content (AvgIpc) is 2.46. The van der Waals surface area contributed by atoms with Gasteiger partial charge in [-0.05, 0) is 18.6 Å². The Morgan fingerprint density at radius 1 is 1.43 bits per heavy atom. The fourth-order valence-electron chi connectivity index (χ4n) is 2.70. The van der Waals surface area contributed by atoms with Crippen molar-refractivity contribution in [1.82, 2.24) is 10.3 Å². The molecule has 1 saturated carbocycles. The van der Waals surface area contributed by atoms with Crippen LogP contribution in [0, 0.1) is 5.41 Å². The highest BCUT2D eigenvalue weighted by molar-refractivity contribution is 5.99. The number of carbonyl (C=O) groups is 1. The third kappa shape index (κ3) is 2.23. The number of amides is 1. The Balaban J connectivity index is 1.86. The zero-order valence-corrected chi connectivity index (χ0v) is 12.1. The van der Waals surface area contributed by atoms with Crippen LogP contribution in [0.2, 0.25) is 0 Å². The van der Waals surface area contributed by atoms with Gasteiger partial charge in [0, 0.05) is 22.5 Å². The first kappa shape index (κ1) is 13.8. The van der Waals surface area contributed by atoms with E-state index in [1.54, 1.807) is 6.07 Å². The van der Waals surface area contributed by atoms with Gasteiger partial charge in [-0.25, -0.2) is 4.98 Å². The van der Waals surface area contributed by atoms with Crippen LogP contribution in [0.25, 0.3) is 10.9 Å². The topological polar surface area (TPSA) is 88.2 Å². The number of nitrogens with zero attached hydrogens (tertiary/aromatic N) is 1. The van der Waals surface area contributed by atoms with Gasteiger partial charge in [0.05, 0.1) is 11.6 Å². The molecule has 0 spiro atoms. The van der Waals surface area contributed by atoms with Crippen molar-refractivity contribution in [3.8, 4) is 0 Å². The van der Waals surface area contributed by atoms with Gasteiger partial charge in [-0.3, -0.25) is 4.79 Å². The second-order valence-corrected chi connectivity index (χ2v) is 6.21. The molecule has 2 atom stereocenters. The molecule has 4 N–H and O–H groups in total. The minimum Gasteiger partial charge on any atom is -0.398 e. The van der Waals surface area contributed by atoms with Crippen molar-refractivity contribution < 1.29 is 9.90 Å². The van der Waals surface area contributed by atoms with E-state index < -0.39 is 0 Å². The molecular weight excluding hydrogens is 266 g/mol. The van der Waals surface area contributed by atoms with Crippen LogP contribution in [0.1, 0.15) is 30.8 Å². The Morgan fingerprint density at radius 2 is 2.14 bits per heavy atom. The van der Waals surface area contributed by atoms with Crippen molar-refractivity contribution in [1.29, 1.82) is 0 Å². The number of anilines is 1. The Hall–Kier alpha value is -2.14. The molecule has 1 aliphatic rings. The Labute approximate surface area is 123 Å². The van der Waals surface area contributed by atoms with Crippen LogP contribution < -0.4 is 11.1 Å². The lowest BCUT2D eigenvalue weighted by Crippen LogP contribution is -2.61. The molecule has 3 rings (SSSR count). The summed E-state index contributed by atoms with van der Waals surface area (Å²) in [6, 6.07) is 9.01. The molecule has 2 aromatic rings. The molecule has 1 amide bonds. The number of carbonyl (C=O) groups excluding carboxylic acids is 1. The predicted molar refractivity (Wildman–Crippen MR) is 81.8 cm³/mol. The van der Waals surface area contributed by atoms with E-state index in [1.165, 1.54) is 0 Å². The van der Waals surface area contributed by atoms with Crippen LogP contribution in [0.15, 0.2) is 30.3 Å². The fraction of sp³-hybridized carbons (Fsp3) is 0.375. The maximum Gasteiger partial charge on any atom is 0.270 e. The van der Waals surface area contributed by atoms with Crippen molar-refractivity contribution >= 4 is 22.5 Å². The maximum atomic E-state index is 12.3. The van der Waals surface area contributed by atoms with E-state index in [0.29, 0.717) is 23.3 Å². The number of hydrogen-bond donors (Lipinski definition) is 3. The molecule has 1 aliphatic carbocycles. The van der Waals surface area contributed by atoms with Crippen molar-refractivity contribution in [3.63, 3.8) is 0 Å². The number of rotatable bonds is 2. The van der Waals surface area contributed by atoms with Gasteiger partial charge >= 0.3 is 0 Å². The SMILES string of the molecule is CC1(C)C(O)CC1NC(=O)c1cc(N)c2ccccc2n1. The highest BCUT2D eigenvalue weighted by Gasteiger charge is 2.48. The van der Waals surface area contributed by atoms with Crippen molar-refractivity contribution in [2.24, 2.45) is 5.41 Å². The predicted octanol–water partition coefficient (Wildman–Crippen LogP) is 1.71. The normalized spacial score (nSPS) is 23.6. The number of aromatic nitrogens is 1. The number of benzene rings is 1. The van der Waals surface area contributed by atoms with Gasteiger partial charge in [0.2, 0.25) is 0 Å². The smallest absolute Gasteiger partial charge is 0.270 e. The fourth-order valence-corrected chi connectivity index (χ4v) is 2.70. The first-order valence-electron chi connectivity index (χ1n) is 7.04. The monoisotopic (exact) mass is 285 g/mol. The molecule has 5 heteroatoms. The molecule has 0 bridgehead atoms. The lowest BCUT2D eigenvalue weighted by Gasteiger charge is -2.49. The summed E-state index contributed by atoms with van der Waals surface area (Å²) in [5.41, 5.74) is 7.23. The molecule has 1 fully saturated rings. The summed E-state index contributed by atoms with van der Waals surface area (Å²) < 4.78 is 0. The van der Waals surface area contributed by atoms with E-state index in [9.17, 15) is 9.90 Å². The van der Waals surface area contributed by atoms with E-state index in [0.717, 1.165) is 5.39 Å². The van der Waals surface area contributed by atoms with E-state index in [1.807, 2.05) is 38.1 Å². The van der Waals surface area contributed by atoms with Gasteiger partial charge in [-0.2, -0.15) is 0 Å². The number of para-hydroxylation sites is 1. The van der Waals surface area contributed by atoms with Crippen molar-refractivity contribution in [2.45, 2.75) is 32.4 Å². The van der Waals surface area contributed by atoms with Gasteiger partial charge in [0.15, 0.2) is 0 Å². The molecule has 0 radical (unpaired) electrons. The van der Waals surface area contributed by atoms with Crippen LogP contribution in [-0.2, 0) is 0 Å². The minimum atomic E-state index is -0.377. The lowest BCUT2D eigenvalue weighted by atomic mass is 9.64. The first-order valence-corrected chi connectivity index (χ1v) is 7.04. The van der Waals surface area contributed by atoms with Crippen molar-refractivity contribution in [3.05, 3.63) is 36.0 Å². The highest BCUT2D eigenvalue weighted by atomic mass is 16.3. The zero-order valence-electron chi connectivity index (χ0n) is 12.1. The molecule has 1 aromatic heterocycles. The Morgan fingerprint density at radius 3 is 2.81 bits per heavy atom. The number of pyridine rings is 1. The summed E-state index contributed by atoms with van der Waals surface area (Å²) in [6.45, 7) is 3.88. The number of aliphatic hydroxyl groups excluding tert-OH is 1. The standard InChI is InChI=1S/C16H19N3O2/c1-16(2)13(8-14(16)20)19-15(21)12-7-10(17)9-5-3-4-6-11(9)18-12/h3-7,13-14,20H,8H2,1-2H3,(H2,17,18)(H,19,21). The second kappa shape index (κ2) is 4.70. The third-order valence-corrected chi connectivity index (χ3v) is 4.50. The summed E-state index contributed by atoms with van der Waals surface area (Å²) in [7, 11) is 0. The van der Waals surface area contributed by atoms with E-state index in [4.69, 9.17) is 5.73 Å². The van der Waals surface area contributed by atoms with Crippen molar-refractivity contribution in [2.75, 3.05) is 5.73 Å². The molecule has 0 saturated heterocycles. The number of nitrogen functional groups attached to an aromatic ring is 1. The quantitative estimate of drug-likeness (QED) is 0.783. The van der Waals surface area contributed by atoms with Gasteiger partial charge in [0.1, 0.15) is 5.69 Å². The molecule has 1 aromatic carbocycles.